The number of phenols is 2. The first-order valence-electron chi connectivity index (χ1n) is 5.43. The maximum absolute atomic E-state index is 9.66. The van der Waals surface area contributed by atoms with Crippen molar-refractivity contribution in [2.24, 2.45) is 0 Å². The van der Waals surface area contributed by atoms with Gasteiger partial charge in [0, 0.05) is 10.8 Å². The van der Waals surface area contributed by atoms with Gasteiger partial charge in [0.15, 0.2) is 0 Å². The van der Waals surface area contributed by atoms with Gasteiger partial charge in [-0.1, -0.05) is 0 Å². The lowest BCUT2D eigenvalue weighted by atomic mass is 9.91. The molecule has 0 unspecified atom stereocenters. The molecule has 0 bridgehead atoms. The van der Waals surface area contributed by atoms with Crippen LogP contribution in [0.4, 0.5) is 0 Å². The number of hydrogen-bond donors (Lipinski definition) is 2. The third-order valence-corrected chi connectivity index (χ3v) is 3.25. The summed E-state index contributed by atoms with van der Waals surface area (Å²) in [4.78, 5) is 0. The second kappa shape index (κ2) is 3.23. The summed E-state index contributed by atoms with van der Waals surface area (Å²) in [5.74, 6) is 0.442. The largest absolute Gasteiger partial charge is 0.508 e. The average molecular weight is 224 g/mol. The van der Waals surface area contributed by atoms with Gasteiger partial charge in [-0.3, -0.25) is 0 Å². The van der Waals surface area contributed by atoms with E-state index in [-0.39, 0.29) is 11.5 Å². The first-order valence-corrected chi connectivity index (χ1v) is 5.43. The molecule has 1 aromatic heterocycles. The summed E-state index contributed by atoms with van der Waals surface area (Å²) in [5, 5.41) is 21.2. The third-order valence-electron chi connectivity index (χ3n) is 3.25. The van der Waals surface area contributed by atoms with E-state index in [2.05, 4.69) is 0 Å². The average Bonchev–Trinajstić information content (AvgIpc) is 2.69. The normalized spacial score (nSPS) is 11.3. The molecule has 0 amide bonds. The van der Waals surface area contributed by atoms with Gasteiger partial charge in [0.05, 0.1) is 0 Å². The van der Waals surface area contributed by atoms with E-state index in [1.54, 1.807) is 12.1 Å². The molecule has 0 fully saturated rings. The van der Waals surface area contributed by atoms with E-state index < -0.39 is 0 Å². The van der Waals surface area contributed by atoms with E-state index in [1.807, 2.05) is 27.8 Å². The van der Waals surface area contributed by atoms with Crippen LogP contribution in [0.5, 0.6) is 11.5 Å². The van der Waals surface area contributed by atoms with Gasteiger partial charge in [-0.15, -0.1) is 0 Å². The summed E-state index contributed by atoms with van der Waals surface area (Å²) in [6.07, 6.45) is 0. The zero-order valence-electron chi connectivity index (χ0n) is 9.61. The molecule has 3 rings (SSSR count). The Morgan fingerprint density at radius 3 is 1.59 bits per heavy atom. The maximum Gasteiger partial charge on any atom is 0.149 e. The smallest absolute Gasteiger partial charge is 0.149 e. The first-order chi connectivity index (χ1) is 8.09. The molecule has 5 heteroatoms. The zero-order valence-corrected chi connectivity index (χ0v) is 9.61. The highest BCUT2D eigenvalue weighted by atomic mass is 16.3. The van der Waals surface area contributed by atoms with Gasteiger partial charge in [0.25, 0.3) is 0 Å². The van der Waals surface area contributed by atoms with Gasteiger partial charge in [-0.25, -0.2) is 0 Å². The van der Waals surface area contributed by atoms with Crippen molar-refractivity contribution in [3.63, 3.8) is 0 Å². The van der Waals surface area contributed by atoms with Crippen LogP contribution in [0.1, 0.15) is 0 Å². The quantitative estimate of drug-likeness (QED) is 0.506. The van der Waals surface area contributed by atoms with Crippen LogP contribution in [0.3, 0.4) is 0 Å². The third kappa shape index (κ3) is 1.25. The van der Waals surface area contributed by atoms with Crippen LogP contribution < -0.4 is 10.9 Å². The molecule has 0 aliphatic heterocycles. The second-order valence-electron chi connectivity index (χ2n) is 4.27. The van der Waals surface area contributed by atoms with E-state index in [0.29, 0.717) is 11.2 Å². The number of benzene rings is 2. The lowest BCUT2D eigenvalue weighted by molar-refractivity contribution is 0.479. The topological polar surface area (TPSA) is 53.6 Å². The summed E-state index contributed by atoms with van der Waals surface area (Å²) in [7, 11) is 3.63. The molecule has 82 valence electrons. The molecule has 1 heterocycles. The summed E-state index contributed by atoms with van der Waals surface area (Å²) in [6, 6.07) is 6.99. The van der Waals surface area contributed by atoms with Crippen LogP contribution in [-0.2, 0) is 0 Å². The highest BCUT2D eigenvalue weighted by molar-refractivity contribution is 6.43. The minimum atomic E-state index is 0.221. The van der Waals surface area contributed by atoms with Crippen LogP contribution in [0, 0.1) is 0 Å². The first kappa shape index (κ1) is 10.1. The number of fused-ring (bicyclic) bond motifs is 3. The fraction of sp³-hybridized carbons (Fsp3) is 0. The molecule has 0 aliphatic carbocycles. The minimum Gasteiger partial charge on any atom is -0.508 e. The van der Waals surface area contributed by atoms with E-state index in [4.69, 9.17) is 4.42 Å². The van der Waals surface area contributed by atoms with Crippen molar-refractivity contribution in [2.75, 3.05) is 0 Å². The van der Waals surface area contributed by atoms with Crippen molar-refractivity contribution in [3.8, 4) is 11.5 Å². The number of rotatable bonds is 0. The van der Waals surface area contributed by atoms with Crippen molar-refractivity contribution in [1.82, 2.24) is 0 Å². The molecule has 0 saturated heterocycles. The highest BCUT2D eigenvalue weighted by Gasteiger charge is 2.13. The van der Waals surface area contributed by atoms with Crippen LogP contribution in [-0.4, -0.2) is 25.9 Å². The minimum absolute atomic E-state index is 0.221. The lowest BCUT2D eigenvalue weighted by Crippen LogP contribution is -2.03. The van der Waals surface area contributed by atoms with Crippen LogP contribution in [0.2, 0.25) is 0 Å². The molecule has 2 N–H and O–H groups in total. The maximum atomic E-state index is 9.66. The molecule has 0 atom stereocenters. The Bertz CT molecular complexity index is 684. The molecular weight excluding hydrogens is 214 g/mol. The van der Waals surface area contributed by atoms with Crippen LogP contribution in [0.15, 0.2) is 28.7 Å². The van der Waals surface area contributed by atoms with E-state index >= 15 is 0 Å². The summed E-state index contributed by atoms with van der Waals surface area (Å²) in [6.45, 7) is 0. The molecule has 0 radical (unpaired) electrons. The van der Waals surface area contributed by atoms with Crippen LogP contribution in [0.25, 0.3) is 21.9 Å². The van der Waals surface area contributed by atoms with Gasteiger partial charge in [0.2, 0.25) is 0 Å². The van der Waals surface area contributed by atoms with Gasteiger partial charge in [0.1, 0.15) is 38.4 Å². The standard InChI is InChI=1S/C12H10B2O3/c13-9-7(15)3-1-5-6-2-4-8(16)10(14)12(6)17-11(5)9/h1-4,15-16H,13-14H2. The zero-order chi connectivity index (χ0) is 12.2. The molecule has 3 aromatic rings. The molecule has 17 heavy (non-hydrogen) atoms. The van der Waals surface area contributed by atoms with E-state index in [0.717, 1.165) is 21.7 Å². The van der Waals surface area contributed by atoms with Gasteiger partial charge >= 0.3 is 0 Å². The van der Waals surface area contributed by atoms with Crippen molar-refractivity contribution in [1.29, 1.82) is 0 Å². The Morgan fingerprint density at radius 1 is 0.765 bits per heavy atom. The van der Waals surface area contributed by atoms with Gasteiger partial charge < -0.3 is 14.6 Å². The van der Waals surface area contributed by atoms with Crippen LogP contribution >= 0.6 is 0 Å². The summed E-state index contributed by atoms with van der Waals surface area (Å²) < 4.78 is 5.76. The SMILES string of the molecule is Bc1c(O)ccc2c1oc1c(B)c(O)ccc12. The van der Waals surface area contributed by atoms with Gasteiger partial charge in [-0.05, 0) is 35.2 Å². The molecule has 0 spiro atoms. The highest BCUT2D eigenvalue weighted by Crippen LogP contribution is 2.29. The van der Waals surface area contributed by atoms with Crippen molar-refractivity contribution < 1.29 is 14.6 Å². The summed E-state index contributed by atoms with van der Waals surface area (Å²) in [5.41, 5.74) is 2.79. The Morgan fingerprint density at radius 2 is 1.18 bits per heavy atom. The predicted molar refractivity (Wildman–Crippen MR) is 73.4 cm³/mol. The molecule has 0 saturated carbocycles. The Kier molecular flexibility index (Phi) is 1.93. The van der Waals surface area contributed by atoms with Crippen molar-refractivity contribution >= 4 is 48.6 Å². The number of phenolic OH excluding ortho intramolecular Hbond substituents is 2. The van der Waals surface area contributed by atoms with E-state index in [1.165, 1.54) is 0 Å². The Labute approximate surface area is 99.5 Å². The Balaban J connectivity index is 2.58. The second-order valence-corrected chi connectivity index (χ2v) is 4.27. The van der Waals surface area contributed by atoms with E-state index in [9.17, 15) is 10.2 Å². The van der Waals surface area contributed by atoms with Gasteiger partial charge in [-0.2, -0.15) is 0 Å². The Hall–Kier alpha value is -2.03. The number of aromatic hydroxyl groups is 2. The number of hydrogen-bond acceptors (Lipinski definition) is 3. The summed E-state index contributed by atoms with van der Waals surface area (Å²) >= 11 is 0. The molecular formula is C12H10B2O3. The van der Waals surface area contributed by atoms with Crippen molar-refractivity contribution in [3.05, 3.63) is 24.3 Å². The fourth-order valence-electron chi connectivity index (χ4n) is 2.15. The lowest BCUT2D eigenvalue weighted by Gasteiger charge is -1.97. The predicted octanol–water partition coefficient (Wildman–Crippen LogP) is -0.486. The molecule has 2 aromatic carbocycles. The van der Waals surface area contributed by atoms with Crippen molar-refractivity contribution in [2.45, 2.75) is 0 Å². The monoisotopic (exact) mass is 224 g/mol. The molecule has 0 aliphatic rings. The fourth-order valence-corrected chi connectivity index (χ4v) is 2.15. The number of furan rings is 1. The molecule has 3 nitrogen and oxygen atoms in total.